The van der Waals surface area contributed by atoms with Crippen molar-refractivity contribution in [3.05, 3.63) is 35.6 Å². The topological polar surface area (TPSA) is 54.2 Å². The summed E-state index contributed by atoms with van der Waals surface area (Å²) in [7, 11) is 1.38. The average Bonchev–Trinajstić information content (AvgIpc) is 2.26. The van der Waals surface area contributed by atoms with E-state index in [0.717, 1.165) is 0 Å². The average molecular weight is 210 g/mol. The van der Waals surface area contributed by atoms with Crippen molar-refractivity contribution in [2.75, 3.05) is 7.11 Å². The van der Waals surface area contributed by atoms with E-state index in [4.69, 9.17) is 5.21 Å². The molecule has 0 fully saturated rings. The Hall–Kier alpha value is -1.91. The van der Waals surface area contributed by atoms with Crippen LogP contribution < -0.4 is 0 Å². The second-order valence-corrected chi connectivity index (χ2v) is 2.81. The first-order chi connectivity index (χ1) is 7.19. The zero-order valence-electron chi connectivity index (χ0n) is 8.44. The highest BCUT2D eigenvalue weighted by Gasteiger charge is 2.08. The van der Waals surface area contributed by atoms with Gasteiger partial charge in [0.15, 0.2) is 0 Å². The third-order valence-electron chi connectivity index (χ3n) is 1.79. The number of benzene rings is 1. The van der Waals surface area contributed by atoms with Crippen molar-refractivity contribution in [1.82, 2.24) is 0 Å². The van der Waals surface area contributed by atoms with Crippen LogP contribution in [0.3, 0.4) is 0 Å². The van der Waals surface area contributed by atoms with Gasteiger partial charge < -0.3 is 10.0 Å². The molecule has 0 spiro atoms. The Bertz CT molecular complexity index is 385. The maximum atomic E-state index is 12.7. The highest BCUT2D eigenvalue weighted by molar-refractivity contribution is 6.47. The normalized spacial score (nSPS) is 12.7. The highest BCUT2D eigenvalue weighted by atomic mass is 19.1. The van der Waals surface area contributed by atoms with Gasteiger partial charge in [-0.2, -0.15) is 0 Å². The summed E-state index contributed by atoms with van der Waals surface area (Å²) in [6.07, 6.45) is 0. The fourth-order valence-corrected chi connectivity index (χ4v) is 1.07. The largest absolute Gasteiger partial charge is 0.411 e. The molecule has 1 rings (SSSR count). The van der Waals surface area contributed by atoms with Gasteiger partial charge in [-0.15, -0.1) is 0 Å². The molecule has 0 aliphatic heterocycles. The molecule has 0 aliphatic rings. The molecule has 0 aliphatic carbocycles. The predicted octanol–water partition coefficient (Wildman–Crippen LogP) is 2.03. The molecule has 0 radical (unpaired) electrons. The maximum absolute atomic E-state index is 12.7. The van der Waals surface area contributed by atoms with E-state index in [0.29, 0.717) is 17.0 Å². The van der Waals surface area contributed by atoms with Crippen molar-refractivity contribution in [3.63, 3.8) is 0 Å². The predicted molar refractivity (Wildman–Crippen MR) is 54.8 cm³/mol. The van der Waals surface area contributed by atoms with Gasteiger partial charge in [-0.3, -0.25) is 0 Å². The lowest BCUT2D eigenvalue weighted by molar-refractivity contribution is 0.214. The molecule has 0 bridgehead atoms. The minimum atomic E-state index is -0.339. The summed E-state index contributed by atoms with van der Waals surface area (Å²) in [5, 5.41) is 15.3. The molecular formula is C10H11FN2O2. The molecule has 15 heavy (non-hydrogen) atoms. The minimum Gasteiger partial charge on any atom is -0.411 e. The number of hydrogen-bond acceptors (Lipinski definition) is 4. The molecule has 1 aromatic carbocycles. The highest BCUT2D eigenvalue weighted by Crippen LogP contribution is 2.06. The quantitative estimate of drug-likeness (QED) is 0.471. The van der Waals surface area contributed by atoms with Crippen LogP contribution in [0.5, 0.6) is 0 Å². The Morgan fingerprint density at radius 2 is 1.93 bits per heavy atom. The van der Waals surface area contributed by atoms with Gasteiger partial charge in [0.05, 0.1) is 0 Å². The van der Waals surface area contributed by atoms with Crippen LogP contribution in [-0.2, 0) is 4.84 Å². The summed E-state index contributed by atoms with van der Waals surface area (Å²) in [6.45, 7) is 1.57. The third kappa shape index (κ3) is 2.77. The van der Waals surface area contributed by atoms with E-state index in [1.165, 1.54) is 31.4 Å². The molecule has 5 heteroatoms. The van der Waals surface area contributed by atoms with E-state index >= 15 is 0 Å². The van der Waals surface area contributed by atoms with Gasteiger partial charge in [0, 0.05) is 5.56 Å². The van der Waals surface area contributed by atoms with E-state index in [1.54, 1.807) is 6.92 Å². The number of hydrogen-bond donors (Lipinski definition) is 1. The first kappa shape index (κ1) is 11.2. The lowest BCUT2D eigenvalue weighted by Gasteiger charge is -2.03. The van der Waals surface area contributed by atoms with Crippen molar-refractivity contribution >= 4 is 11.4 Å². The summed E-state index contributed by atoms with van der Waals surface area (Å²) in [5.41, 5.74) is 1.28. The molecule has 80 valence electrons. The monoisotopic (exact) mass is 210 g/mol. The number of nitrogens with zero attached hydrogens (tertiary/aromatic N) is 2. The summed E-state index contributed by atoms with van der Waals surface area (Å²) in [4.78, 5) is 4.61. The number of rotatable bonds is 3. The zero-order chi connectivity index (χ0) is 11.3. The van der Waals surface area contributed by atoms with Gasteiger partial charge in [-0.1, -0.05) is 10.3 Å². The molecule has 0 unspecified atom stereocenters. The second kappa shape index (κ2) is 5.09. The Balaban J connectivity index is 3.11. The van der Waals surface area contributed by atoms with Crippen LogP contribution in [0.25, 0.3) is 0 Å². The van der Waals surface area contributed by atoms with Gasteiger partial charge in [0.25, 0.3) is 0 Å². The standard InChI is InChI=1S/C10H11FN2O2/c1-7(12-14)10(13-15-2)8-3-5-9(11)6-4-8/h3-6,14H,1-2H3/b12-7+,13-10-. The van der Waals surface area contributed by atoms with Crippen molar-refractivity contribution in [2.45, 2.75) is 6.92 Å². The van der Waals surface area contributed by atoms with E-state index in [2.05, 4.69) is 15.1 Å². The third-order valence-corrected chi connectivity index (χ3v) is 1.79. The molecule has 0 saturated heterocycles. The van der Waals surface area contributed by atoms with Gasteiger partial charge >= 0.3 is 0 Å². The lowest BCUT2D eigenvalue weighted by Crippen LogP contribution is -2.12. The molecule has 1 N–H and O–H groups in total. The summed E-state index contributed by atoms with van der Waals surface area (Å²) in [5.74, 6) is -0.339. The molecule has 0 saturated carbocycles. The Kier molecular flexibility index (Phi) is 3.79. The molecule has 0 amide bonds. The Labute approximate surface area is 86.7 Å². The zero-order valence-corrected chi connectivity index (χ0v) is 8.44. The van der Waals surface area contributed by atoms with Crippen LogP contribution in [0.2, 0.25) is 0 Å². The van der Waals surface area contributed by atoms with Crippen LogP contribution in [0, 0.1) is 5.82 Å². The molecule has 0 aromatic heterocycles. The van der Waals surface area contributed by atoms with Crippen LogP contribution in [-0.4, -0.2) is 23.7 Å². The fraction of sp³-hybridized carbons (Fsp3) is 0.200. The molecule has 0 heterocycles. The van der Waals surface area contributed by atoms with Gasteiger partial charge in [0.2, 0.25) is 0 Å². The maximum Gasteiger partial charge on any atom is 0.134 e. The van der Waals surface area contributed by atoms with Crippen molar-refractivity contribution in [3.8, 4) is 0 Å². The van der Waals surface area contributed by atoms with Crippen molar-refractivity contribution in [1.29, 1.82) is 0 Å². The Morgan fingerprint density at radius 3 is 2.40 bits per heavy atom. The fourth-order valence-electron chi connectivity index (χ4n) is 1.07. The molecule has 4 nitrogen and oxygen atoms in total. The SMILES string of the molecule is CO/N=C(/C(C)=N/O)c1ccc(F)cc1. The smallest absolute Gasteiger partial charge is 0.134 e. The molecular weight excluding hydrogens is 199 g/mol. The minimum absolute atomic E-state index is 0.295. The summed E-state index contributed by atoms with van der Waals surface area (Å²) in [6, 6.07) is 5.65. The lowest BCUT2D eigenvalue weighted by atomic mass is 10.1. The first-order valence-corrected chi connectivity index (χ1v) is 4.25. The number of halogens is 1. The van der Waals surface area contributed by atoms with Crippen LogP contribution in [0.15, 0.2) is 34.6 Å². The van der Waals surface area contributed by atoms with Crippen LogP contribution >= 0.6 is 0 Å². The molecule has 0 atom stereocenters. The van der Waals surface area contributed by atoms with Crippen molar-refractivity contribution in [2.24, 2.45) is 10.3 Å². The van der Waals surface area contributed by atoms with Crippen LogP contribution in [0.1, 0.15) is 12.5 Å². The van der Waals surface area contributed by atoms with E-state index < -0.39 is 0 Å². The second-order valence-electron chi connectivity index (χ2n) is 2.81. The molecule has 1 aromatic rings. The van der Waals surface area contributed by atoms with Gasteiger partial charge in [-0.25, -0.2) is 4.39 Å². The Morgan fingerprint density at radius 1 is 1.33 bits per heavy atom. The van der Waals surface area contributed by atoms with E-state index in [-0.39, 0.29) is 5.82 Å². The van der Waals surface area contributed by atoms with E-state index in [9.17, 15) is 4.39 Å². The summed E-state index contributed by atoms with van der Waals surface area (Å²) >= 11 is 0. The first-order valence-electron chi connectivity index (χ1n) is 4.25. The van der Waals surface area contributed by atoms with E-state index in [1.807, 2.05) is 0 Å². The van der Waals surface area contributed by atoms with Gasteiger partial charge in [0.1, 0.15) is 24.4 Å². The summed E-state index contributed by atoms with van der Waals surface area (Å²) < 4.78 is 12.7. The van der Waals surface area contributed by atoms with Gasteiger partial charge in [-0.05, 0) is 31.2 Å². The van der Waals surface area contributed by atoms with Crippen molar-refractivity contribution < 1.29 is 14.4 Å². The van der Waals surface area contributed by atoms with Crippen LogP contribution in [0.4, 0.5) is 4.39 Å². The number of oxime groups is 2.